The smallest absolute Gasteiger partial charge is 0.208 e. The Morgan fingerprint density at radius 3 is 1.70 bits per heavy atom. The molecule has 0 saturated carbocycles. The van der Waals surface area contributed by atoms with Crippen LogP contribution in [0.25, 0.3) is 0 Å². The van der Waals surface area contributed by atoms with Crippen molar-refractivity contribution in [2.75, 3.05) is 22.9 Å². The van der Waals surface area contributed by atoms with Crippen molar-refractivity contribution in [3.8, 4) is 5.75 Å². The number of anilines is 2. The standard InChI is InChI=1S/C21H26N2.C10H11NO3.2ClH.Ru/c1-14-9-16(3)20(17(4)10-14)22-7-8-23(13-22)21-18(5)11-15(2)12-19(21)6;1-7(2)14-10-6-9(11(12)13)5-4-8(10)3;;;/h9-12H,7-8H2,1-6H3;3-7H,1-2H3;2*1H;/q;;;;+2/p-2. The van der Waals surface area contributed by atoms with Crippen LogP contribution in [0.2, 0.25) is 0 Å². The molecule has 1 fully saturated rings. The first-order valence-corrected chi connectivity index (χ1v) is 18.5. The first kappa shape index (κ1) is 32.1. The number of halogens is 2. The number of hydrogen-bond acceptors (Lipinski definition) is 5. The second kappa shape index (κ2) is 13.9. The molecule has 1 aliphatic heterocycles. The van der Waals surface area contributed by atoms with Crippen molar-refractivity contribution in [2.45, 2.75) is 61.5 Å². The summed E-state index contributed by atoms with van der Waals surface area (Å²) in [4.78, 5) is 14.8. The van der Waals surface area contributed by atoms with Gasteiger partial charge >= 0.3 is 112 Å². The maximum absolute atomic E-state index is 10.7. The van der Waals surface area contributed by atoms with E-state index in [0.717, 1.165) is 13.1 Å². The Balaban J connectivity index is 0.000000232. The minimum absolute atomic E-state index is 0.0132. The van der Waals surface area contributed by atoms with Crippen LogP contribution in [-0.2, 0) is 13.5 Å². The van der Waals surface area contributed by atoms with Gasteiger partial charge in [-0.1, -0.05) is 35.4 Å². The molecular formula is C31H37Cl2N3O3Ru. The number of rotatable bonds is 6. The van der Waals surface area contributed by atoms with Gasteiger partial charge < -0.3 is 9.80 Å². The van der Waals surface area contributed by atoms with E-state index in [1.807, 2.05) is 13.8 Å². The van der Waals surface area contributed by atoms with Gasteiger partial charge in [-0.05, 0) is 63.8 Å². The molecule has 0 aromatic heterocycles. The van der Waals surface area contributed by atoms with Gasteiger partial charge in [-0.15, -0.1) is 0 Å². The Labute approximate surface area is 251 Å². The van der Waals surface area contributed by atoms with Crippen molar-refractivity contribution in [2.24, 2.45) is 0 Å². The minimum Gasteiger partial charge on any atom is -0.339 e. The second-order valence-electron chi connectivity index (χ2n) is 10.4. The van der Waals surface area contributed by atoms with E-state index < -0.39 is 18.4 Å². The Hall–Kier alpha value is -2.47. The summed E-state index contributed by atoms with van der Waals surface area (Å²) in [6, 6.07) is 13.4. The molecule has 2 radical (unpaired) electrons. The largest absolute Gasteiger partial charge is 0.339 e. The maximum atomic E-state index is 10.7. The number of non-ortho nitro benzene ring substituents is 1. The van der Waals surface area contributed by atoms with E-state index in [0.29, 0.717) is 11.3 Å². The van der Waals surface area contributed by atoms with Gasteiger partial charge in [-0.25, -0.2) is 0 Å². The normalized spacial score (nSPS) is 13.2. The summed E-state index contributed by atoms with van der Waals surface area (Å²) in [6.07, 6.45) is -0.0737. The van der Waals surface area contributed by atoms with E-state index in [-0.39, 0.29) is 11.8 Å². The van der Waals surface area contributed by atoms with Crippen molar-refractivity contribution in [1.82, 2.24) is 0 Å². The average Bonchev–Trinajstić information content (AvgIpc) is 3.27. The fraction of sp³-hybridized carbons (Fsp3) is 0.355. The van der Waals surface area contributed by atoms with Crippen LogP contribution in [-0.4, -0.2) is 28.7 Å². The molecule has 3 aromatic rings. The Bertz CT molecular complexity index is 1310. The Morgan fingerprint density at radius 1 is 0.875 bits per heavy atom. The van der Waals surface area contributed by atoms with Crippen molar-refractivity contribution in [3.63, 3.8) is 0 Å². The van der Waals surface area contributed by atoms with E-state index in [1.54, 1.807) is 10.7 Å². The maximum Gasteiger partial charge on any atom is 0.208 e. The van der Waals surface area contributed by atoms with Gasteiger partial charge in [0.15, 0.2) is 0 Å². The van der Waals surface area contributed by atoms with Gasteiger partial charge in [-0.3, -0.25) is 0 Å². The number of benzene rings is 3. The number of ether oxygens (including phenoxy) is 1. The van der Waals surface area contributed by atoms with Crippen LogP contribution >= 0.6 is 19.4 Å². The van der Waals surface area contributed by atoms with Crippen LogP contribution in [0.15, 0.2) is 42.5 Å². The van der Waals surface area contributed by atoms with Crippen LogP contribution in [0, 0.1) is 58.3 Å². The predicted octanol–water partition coefficient (Wildman–Crippen LogP) is 8.32. The molecule has 0 aliphatic carbocycles. The van der Waals surface area contributed by atoms with Gasteiger partial charge in [0.1, 0.15) is 0 Å². The van der Waals surface area contributed by atoms with Crippen LogP contribution < -0.4 is 14.5 Å². The molecule has 40 heavy (non-hydrogen) atoms. The van der Waals surface area contributed by atoms with Crippen LogP contribution in [0.1, 0.15) is 52.8 Å². The third-order valence-corrected chi connectivity index (χ3v) is 8.19. The summed E-state index contributed by atoms with van der Waals surface area (Å²) in [5, 5.41) is 10.7. The predicted molar refractivity (Wildman–Crippen MR) is 165 cm³/mol. The Morgan fingerprint density at radius 2 is 1.32 bits per heavy atom. The topological polar surface area (TPSA) is 58.9 Å². The fourth-order valence-corrected chi connectivity index (χ4v) is 6.93. The molecule has 1 heterocycles. The Kier molecular flexibility index (Phi) is 11.2. The van der Waals surface area contributed by atoms with E-state index in [9.17, 15) is 10.1 Å². The number of nitrogens with zero attached hydrogens (tertiary/aromatic N) is 3. The quantitative estimate of drug-likeness (QED) is 0.150. The molecular weight excluding hydrogens is 634 g/mol. The van der Waals surface area contributed by atoms with Crippen LogP contribution in [0.3, 0.4) is 0 Å². The van der Waals surface area contributed by atoms with Crippen LogP contribution in [0.5, 0.6) is 5.75 Å². The molecule has 216 valence electrons. The summed E-state index contributed by atoms with van der Waals surface area (Å²) in [5.41, 5.74) is 11.3. The van der Waals surface area contributed by atoms with Gasteiger partial charge in [-0.2, -0.15) is 0 Å². The zero-order valence-corrected chi connectivity index (χ0v) is 27.5. The molecule has 0 amide bonds. The summed E-state index contributed by atoms with van der Waals surface area (Å²) in [5.74, 6) is 0.439. The zero-order chi connectivity index (χ0) is 29.7. The number of nitro groups is 1. The SMILES string of the molecule is CC(C)Oc1cc([N+](=O)[O-])ccc1[CH]=[Ru]([Cl])[Cl].Cc1cc(C)c(N2[C]N(c3c(C)cc(C)cc3C)CC2)c(C)c1. The first-order valence-electron chi connectivity index (χ1n) is 13.0. The fourth-order valence-electron chi connectivity index (χ4n) is 5.13. The van der Waals surface area contributed by atoms with E-state index >= 15 is 0 Å². The van der Waals surface area contributed by atoms with Crippen molar-refractivity contribution in [1.29, 1.82) is 0 Å². The first-order chi connectivity index (χ1) is 18.8. The minimum atomic E-state index is -1.98. The third kappa shape index (κ3) is 8.28. The van der Waals surface area contributed by atoms with Crippen molar-refractivity contribution >= 4 is 41.1 Å². The molecule has 0 spiro atoms. The molecule has 0 N–H and O–H groups in total. The molecule has 0 unspecified atom stereocenters. The number of hydrogen-bond donors (Lipinski definition) is 0. The van der Waals surface area contributed by atoms with Gasteiger partial charge in [0.05, 0.1) is 0 Å². The summed E-state index contributed by atoms with van der Waals surface area (Å²) in [7, 11) is 11.6. The average molecular weight is 672 g/mol. The monoisotopic (exact) mass is 671 g/mol. The van der Waals surface area contributed by atoms with Gasteiger partial charge in [0, 0.05) is 24.5 Å². The summed E-state index contributed by atoms with van der Waals surface area (Å²) >= 11 is -1.98. The van der Waals surface area contributed by atoms with Crippen molar-refractivity contribution in [3.05, 3.63) is 98.2 Å². The second-order valence-corrected chi connectivity index (χ2v) is 16.1. The summed E-state index contributed by atoms with van der Waals surface area (Å²) < 4.78 is 7.21. The number of nitro benzene ring substituents is 1. The molecule has 6 nitrogen and oxygen atoms in total. The molecule has 0 bridgehead atoms. The van der Waals surface area contributed by atoms with Crippen molar-refractivity contribution < 1.29 is 23.2 Å². The number of aryl methyl sites for hydroxylation is 6. The summed E-state index contributed by atoms with van der Waals surface area (Å²) in [6.45, 7) is 22.4. The molecule has 9 heteroatoms. The molecule has 4 rings (SSSR count). The van der Waals surface area contributed by atoms with E-state index in [1.165, 1.54) is 56.9 Å². The van der Waals surface area contributed by atoms with Crippen LogP contribution in [0.4, 0.5) is 17.1 Å². The zero-order valence-electron chi connectivity index (χ0n) is 24.3. The molecule has 1 saturated heterocycles. The van der Waals surface area contributed by atoms with E-state index in [2.05, 4.69) is 82.3 Å². The molecule has 3 aromatic carbocycles. The molecule has 0 atom stereocenters. The van der Waals surface area contributed by atoms with E-state index in [4.69, 9.17) is 24.1 Å². The third-order valence-electron chi connectivity index (χ3n) is 6.36. The van der Waals surface area contributed by atoms with Gasteiger partial charge in [0.2, 0.25) is 6.67 Å². The van der Waals surface area contributed by atoms with Gasteiger partial charge in [0.25, 0.3) is 0 Å². The molecule has 1 aliphatic rings.